The molecule has 3 heteroatoms. The van der Waals surface area contributed by atoms with Crippen LogP contribution in [0.3, 0.4) is 0 Å². The number of ketones is 2. The molecule has 0 radical (unpaired) electrons. The topological polar surface area (TPSA) is 60.2 Å². The molecule has 3 nitrogen and oxygen atoms in total. The van der Waals surface area contributed by atoms with Crippen molar-refractivity contribution in [2.75, 3.05) is 0 Å². The van der Waals surface area contributed by atoms with Crippen LogP contribution in [0.5, 0.6) is 0 Å². The van der Waals surface area contributed by atoms with Crippen LogP contribution in [0.15, 0.2) is 0 Å². The molecule has 0 saturated heterocycles. The van der Waals surface area contributed by atoms with E-state index >= 15 is 0 Å². The van der Waals surface area contributed by atoms with E-state index in [1.54, 1.807) is 0 Å². The van der Waals surface area contributed by atoms with Crippen LogP contribution in [0.4, 0.5) is 0 Å². The fourth-order valence-electron chi connectivity index (χ4n) is 3.36. The van der Waals surface area contributed by atoms with E-state index in [9.17, 15) is 9.59 Å². The summed E-state index contributed by atoms with van der Waals surface area (Å²) in [6, 6.07) is 0.0143. The standard InChI is InChI=1S/C13H21NO2/c1-9(14)7-10-8-11(15)13(12(10)16)5-3-2-4-6-13/h9-10H,2-8,14H2,1H3. The molecule has 0 amide bonds. The molecule has 0 bridgehead atoms. The van der Waals surface area contributed by atoms with Gasteiger partial charge in [0.15, 0.2) is 0 Å². The van der Waals surface area contributed by atoms with Gasteiger partial charge in [-0.1, -0.05) is 19.3 Å². The average Bonchev–Trinajstić information content (AvgIpc) is 2.45. The SMILES string of the molecule is CC(N)CC1CC(=O)C2(CCCCC2)C1=O. The monoisotopic (exact) mass is 223 g/mol. The van der Waals surface area contributed by atoms with Crippen LogP contribution in [0.2, 0.25) is 0 Å². The Balaban J connectivity index is 2.15. The lowest BCUT2D eigenvalue weighted by molar-refractivity contribution is -0.138. The zero-order valence-corrected chi connectivity index (χ0v) is 10.00. The molecule has 2 unspecified atom stereocenters. The minimum atomic E-state index is -0.586. The van der Waals surface area contributed by atoms with Gasteiger partial charge in [-0.25, -0.2) is 0 Å². The van der Waals surface area contributed by atoms with Crippen molar-refractivity contribution in [3.05, 3.63) is 0 Å². The van der Waals surface area contributed by atoms with E-state index in [1.165, 1.54) is 6.42 Å². The quantitative estimate of drug-likeness (QED) is 0.726. The molecule has 2 rings (SSSR count). The molecular weight excluding hydrogens is 202 g/mol. The van der Waals surface area contributed by atoms with E-state index in [1.807, 2.05) is 6.92 Å². The highest BCUT2D eigenvalue weighted by Crippen LogP contribution is 2.47. The number of rotatable bonds is 2. The van der Waals surface area contributed by atoms with Crippen molar-refractivity contribution in [1.29, 1.82) is 0 Å². The number of Topliss-reactive ketones (excluding diaryl/α,β-unsaturated/α-hetero) is 2. The molecule has 1 spiro atoms. The second-order valence-electron chi connectivity index (χ2n) is 5.54. The first-order valence-corrected chi connectivity index (χ1v) is 6.39. The lowest BCUT2D eigenvalue weighted by Gasteiger charge is -2.30. The predicted octanol–water partition coefficient (Wildman–Crippen LogP) is 1.83. The molecule has 2 saturated carbocycles. The van der Waals surface area contributed by atoms with Gasteiger partial charge < -0.3 is 5.73 Å². The summed E-state index contributed by atoms with van der Waals surface area (Å²) in [5.74, 6) is 0.308. The maximum Gasteiger partial charge on any atom is 0.149 e. The first kappa shape index (κ1) is 11.8. The van der Waals surface area contributed by atoms with Gasteiger partial charge in [0.2, 0.25) is 0 Å². The van der Waals surface area contributed by atoms with Gasteiger partial charge in [0.1, 0.15) is 11.6 Å². The Hall–Kier alpha value is -0.700. The van der Waals surface area contributed by atoms with E-state index in [0.29, 0.717) is 12.8 Å². The molecule has 2 aliphatic rings. The van der Waals surface area contributed by atoms with Gasteiger partial charge in [-0.05, 0) is 26.2 Å². The zero-order valence-electron chi connectivity index (χ0n) is 10.00. The Kier molecular flexibility index (Phi) is 3.15. The van der Waals surface area contributed by atoms with Crippen LogP contribution in [-0.4, -0.2) is 17.6 Å². The summed E-state index contributed by atoms with van der Waals surface area (Å²) in [7, 11) is 0. The molecule has 0 aromatic carbocycles. The Bertz CT molecular complexity index is 303. The summed E-state index contributed by atoms with van der Waals surface area (Å²) in [5.41, 5.74) is 5.15. The molecule has 2 atom stereocenters. The van der Waals surface area contributed by atoms with E-state index in [4.69, 9.17) is 5.73 Å². The summed E-state index contributed by atoms with van der Waals surface area (Å²) in [4.78, 5) is 24.4. The number of nitrogens with two attached hydrogens (primary N) is 1. The Morgan fingerprint density at radius 3 is 2.50 bits per heavy atom. The number of carbonyl (C=O) groups is 2. The van der Waals surface area contributed by atoms with Gasteiger partial charge in [0, 0.05) is 18.4 Å². The van der Waals surface area contributed by atoms with Crippen molar-refractivity contribution in [1.82, 2.24) is 0 Å². The van der Waals surface area contributed by atoms with E-state index in [2.05, 4.69) is 0 Å². The molecule has 0 aromatic heterocycles. The maximum absolute atomic E-state index is 12.4. The van der Waals surface area contributed by atoms with Crippen LogP contribution >= 0.6 is 0 Å². The summed E-state index contributed by atoms with van der Waals surface area (Å²) < 4.78 is 0. The van der Waals surface area contributed by atoms with E-state index in [0.717, 1.165) is 25.7 Å². The maximum atomic E-state index is 12.4. The van der Waals surface area contributed by atoms with Crippen LogP contribution in [-0.2, 0) is 9.59 Å². The lowest BCUT2D eigenvalue weighted by atomic mass is 9.71. The smallest absolute Gasteiger partial charge is 0.149 e. The molecule has 2 fully saturated rings. The number of hydrogen-bond acceptors (Lipinski definition) is 3. The fourth-order valence-corrected chi connectivity index (χ4v) is 3.36. The largest absolute Gasteiger partial charge is 0.328 e. The average molecular weight is 223 g/mol. The van der Waals surface area contributed by atoms with Gasteiger partial charge in [0.05, 0.1) is 5.41 Å². The molecule has 2 N–H and O–H groups in total. The minimum absolute atomic E-state index is 0.0143. The van der Waals surface area contributed by atoms with Crippen LogP contribution in [0.25, 0.3) is 0 Å². The number of carbonyl (C=O) groups excluding carboxylic acids is 2. The Morgan fingerprint density at radius 2 is 1.94 bits per heavy atom. The van der Waals surface area contributed by atoms with E-state index < -0.39 is 5.41 Å². The summed E-state index contributed by atoms with van der Waals surface area (Å²) in [5, 5.41) is 0. The third-order valence-electron chi connectivity index (χ3n) is 4.17. The third-order valence-corrected chi connectivity index (χ3v) is 4.17. The molecule has 0 heterocycles. The fraction of sp³-hybridized carbons (Fsp3) is 0.846. The molecule has 90 valence electrons. The molecule has 2 aliphatic carbocycles. The molecule has 0 aromatic rings. The van der Waals surface area contributed by atoms with Crippen molar-refractivity contribution in [2.24, 2.45) is 17.1 Å². The van der Waals surface area contributed by atoms with Crippen molar-refractivity contribution < 1.29 is 9.59 Å². The lowest BCUT2D eigenvalue weighted by Crippen LogP contribution is -2.36. The van der Waals surface area contributed by atoms with E-state index in [-0.39, 0.29) is 23.5 Å². The van der Waals surface area contributed by atoms with Crippen molar-refractivity contribution in [2.45, 2.75) is 57.9 Å². The van der Waals surface area contributed by atoms with Gasteiger partial charge in [0.25, 0.3) is 0 Å². The third kappa shape index (κ3) is 1.81. The van der Waals surface area contributed by atoms with Gasteiger partial charge in [-0.2, -0.15) is 0 Å². The first-order valence-electron chi connectivity index (χ1n) is 6.39. The second-order valence-corrected chi connectivity index (χ2v) is 5.54. The molecule has 0 aliphatic heterocycles. The van der Waals surface area contributed by atoms with Crippen LogP contribution in [0, 0.1) is 11.3 Å². The van der Waals surface area contributed by atoms with Gasteiger partial charge >= 0.3 is 0 Å². The summed E-state index contributed by atoms with van der Waals surface area (Å²) >= 11 is 0. The highest BCUT2D eigenvalue weighted by atomic mass is 16.2. The molecular formula is C13H21NO2. The highest BCUT2D eigenvalue weighted by Gasteiger charge is 2.53. The predicted molar refractivity (Wildman–Crippen MR) is 61.9 cm³/mol. The normalized spacial score (nSPS) is 31.0. The summed E-state index contributed by atoms with van der Waals surface area (Å²) in [6.07, 6.45) is 5.93. The summed E-state index contributed by atoms with van der Waals surface area (Å²) in [6.45, 7) is 1.91. The van der Waals surface area contributed by atoms with Gasteiger partial charge in [-0.15, -0.1) is 0 Å². The minimum Gasteiger partial charge on any atom is -0.328 e. The first-order chi connectivity index (χ1) is 7.56. The number of hydrogen-bond donors (Lipinski definition) is 1. The Labute approximate surface area is 96.8 Å². The van der Waals surface area contributed by atoms with Crippen LogP contribution < -0.4 is 5.73 Å². The second kappa shape index (κ2) is 4.28. The van der Waals surface area contributed by atoms with Crippen molar-refractivity contribution in [3.63, 3.8) is 0 Å². The highest BCUT2D eigenvalue weighted by molar-refractivity contribution is 6.14. The van der Waals surface area contributed by atoms with Crippen molar-refractivity contribution in [3.8, 4) is 0 Å². The Morgan fingerprint density at radius 1 is 1.31 bits per heavy atom. The zero-order chi connectivity index (χ0) is 11.8. The van der Waals surface area contributed by atoms with Gasteiger partial charge in [-0.3, -0.25) is 9.59 Å². The van der Waals surface area contributed by atoms with Crippen LogP contribution in [0.1, 0.15) is 51.9 Å². The van der Waals surface area contributed by atoms with Crippen molar-refractivity contribution >= 4 is 11.6 Å². The molecule has 16 heavy (non-hydrogen) atoms.